The average Bonchev–Trinajstić information content (AvgIpc) is 2.47. The first-order valence-corrected chi connectivity index (χ1v) is 9.09. The van der Waals surface area contributed by atoms with Crippen LogP contribution in [-0.2, 0) is 14.6 Å². The molecule has 2 rings (SSSR count). The van der Waals surface area contributed by atoms with Gasteiger partial charge in [0.2, 0.25) is 5.91 Å². The molecule has 1 heterocycles. The molecule has 2 N–H and O–H groups in total. The summed E-state index contributed by atoms with van der Waals surface area (Å²) >= 11 is 0. The molecule has 0 bridgehead atoms. The third-order valence-electron chi connectivity index (χ3n) is 4.17. The third kappa shape index (κ3) is 3.63. The van der Waals surface area contributed by atoms with Gasteiger partial charge in [0.15, 0.2) is 9.84 Å². The molecule has 0 spiro atoms. The lowest BCUT2D eigenvalue weighted by molar-refractivity contribution is -0.126. The van der Waals surface area contributed by atoms with E-state index in [1.165, 1.54) is 18.4 Å². The first-order valence-electron chi connectivity index (χ1n) is 7.20. The second kappa shape index (κ2) is 6.15. The normalized spacial score (nSPS) is 22.8. The summed E-state index contributed by atoms with van der Waals surface area (Å²) in [4.78, 5) is 12.8. The van der Waals surface area contributed by atoms with Crippen molar-refractivity contribution in [2.24, 2.45) is 5.41 Å². The number of amides is 1. The lowest BCUT2D eigenvalue weighted by Crippen LogP contribution is -2.47. The molecule has 5 nitrogen and oxygen atoms in total. The molecule has 1 amide bonds. The summed E-state index contributed by atoms with van der Waals surface area (Å²) in [5.41, 5.74) is 0.263. The molecule has 1 aromatic carbocycles. The van der Waals surface area contributed by atoms with Crippen LogP contribution in [0.2, 0.25) is 0 Å². The highest BCUT2D eigenvalue weighted by atomic mass is 32.2. The van der Waals surface area contributed by atoms with Gasteiger partial charge in [-0.15, -0.1) is 0 Å². The monoisotopic (exact) mass is 310 g/mol. The van der Waals surface area contributed by atoms with Crippen molar-refractivity contribution in [3.63, 3.8) is 0 Å². The second-order valence-corrected chi connectivity index (χ2v) is 7.68. The van der Waals surface area contributed by atoms with Crippen molar-refractivity contribution in [2.75, 3.05) is 24.7 Å². The van der Waals surface area contributed by atoms with Crippen LogP contribution in [0.5, 0.6) is 0 Å². The summed E-state index contributed by atoms with van der Waals surface area (Å²) in [6.07, 6.45) is 3.83. The van der Waals surface area contributed by atoms with Crippen LogP contribution in [0.4, 0.5) is 5.69 Å². The summed E-state index contributed by atoms with van der Waals surface area (Å²) in [5.74, 6) is 0.00399. The summed E-state index contributed by atoms with van der Waals surface area (Å²) in [5, 5.41) is 6.19. The van der Waals surface area contributed by atoms with Gasteiger partial charge in [-0.25, -0.2) is 8.42 Å². The van der Waals surface area contributed by atoms with E-state index >= 15 is 0 Å². The highest BCUT2D eigenvalue weighted by Gasteiger charge is 2.37. The lowest BCUT2D eigenvalue weighted by atomic mass is 9.77. The number of hydrogen-bond acceptors (Lipinski definition) is 4. The Labute approximate surface area is 126 Å². The van der Waals surface area contributed by atoms with Gasteiger partial charge in [-0.05, 0) is 50.1 Å². The molecule has 116 valence electrons. The molecular formula is C15H22N2O3S. The highest BCUT2D eigenvalue weighted by molar-refractivity contribution is 7.90. The molecule has 1 aliphatic rings. The Kier molecular flexibility index (Phi) is 4.68. The number of carbonyl (C=O) groups excluding carboxylic acids is 1. The number of anilines is 1. The maximum atomic E-state index is 12.5. The minimum Gasteiger partial charge on any atom is -0.326 e. The van der Waals surface area contributed by atoms with Gasteiger partial charge in [0.1, 0.15) is 0 Å². The highest BCUT2D eigenvalue weighted by Crippen LogP contribution is 2.31. The molecule has 1 aromatic rings. The predicted octanol–water partition coefficient (Wildman–Crippen LogP) is 1.81. The fourth-order valence-electron chi connectivity index (χ4n) is 2.67. The Morgan fingerprint density at radius 3 is 2.48 bits per heavy atom. The number of piperidine rings is 1. The topological polar surface area (TPSA) is 75.3 Å². The number of benzene rings is 1. The molecular weight excluding hydrogens is 288 g/mol. The van der Waals surface area contributed by atoms with Crippen LogP contribution in [0.3, 0.4) is 0 Å². The Morgan fingerprint density at radius 2 is 2.00 bits per heavy atom. The standard InChI is InChI=1S/C15H22N2O3S/c1-3-15(9-4-10-16-11-15)14(18)17-12-5-7-13(8-6-12)21(2,19)20/h5-8,16H,3-4,9-11H2,1-2H3,(H,17,18). The maximum Gasteiger partial charge on any atom is 0.231 e. The van der Waals surface area contributed by atoms with Gasteiger partial charge >= 0.3 is 0 Å². The summed E-state index contributed by atoms with van der Waals surface area (Å²) in [7, 11) is -3.21. The molecule has 0 saturated carbocycles. The van der Waals surface area contributed by atoms with Gasteiger partial charge in [-0.2, -0.15) is 0 Å². The zero-order valence-corrected chi connectivity index (χ0v) is 13.3. The van der Waals surface area contributed by atoms with E-state index < -0.39 is 9.84 Å². The smallest absolute Gasteiger partial charge is 0.231 e. The van der Waals surface area contributed by atoms with Crippen molar-refractivity contribution in [3.8, 4) is 0 Å². The van der Waals surface area contributed by atoms with E-state index in [-0.39, 0.29) is 16.2 Å². The summed E-state index contributed by atoms with van der Waals surface area (Å²) in [6.45, 7) is 3.67. The van der Waals surface area contributed by atoms with E-state index in [1.807, 2.05) is 6.92 Å². The average molecular weight is 310 g/mol. The minimum atomic E-state index is -3.21. The van der Waals surface area contributed by atoms with Crippen LogP contribution in [0.25, 0.3) is 0 Å². The summed E-state index contributed by atoms with van der Waals surface area (Å²) in [6, 6.07) is 6.30. The Bertz CT molecular complexity index is 602. The van der Waals surface area contributed by atoms with E-state index in [2.05, 4.69) is 10.6 Å². The maximum absolute atomic E-state index is 12.5. The molecule has 0 aromatic heterocycles. The number of sulfone groups is 1. The van der Waals surface area contributed by atoms with Crippen LogP contribution in [0, 0.1) is 5.41 Å². The van der Waals surface area contributed by atoms with Crippen molar-refractivity contribution < 1.29 is 13.2 Å². The van der Waals surface area contributed by atoms with E-state index in [0.29, 0.717) is 12.2 Å². The minimum absolute atomic E-state index is 0.00399. The first kappa shape index (κ1) is 16.0. The molecule has 21 heavy (non-hydrogen) atoms. The zero-order chi connectivity index (χ0) is 15.5. The van der Waals surface area contributed by atoms with Crippen LogP contribution in [0.15, 0.2) is 29.2 Å². The Morgan fingerprint density at radius 1 is 1.33 bits per heavy atom. The van der Waals surface area contributed by atoms with Crippen molar-refractivity contribution in [1.29, 1.82) is 0 Å². The van der Waals surface area contributed by atoms with Gasteiger partial charge < -0.3 is 10.6 Å². The van der Waals surface area contributed by atoms with Gasteiger partial charge in [0.05, 0.1) is 10.3 Å². The second-order valence-electron chi connectivity index (χ2n) is 5.66. The molecule has 0 radical (unpaired) electrons. The number of nitrogens with one attached hydrogen (secondary N) is 2. The van der Waals surface area contributed by atoms with E-state index in [0.717, 1.165) is 25.8 Å². The van der Waals surface area contributed by atoms with Gasteiger partial charge in [0.25, 0.3) is 0 Å². The SMILES string of the molecule is CCC1(C(=O)Nc2ccc(S(C)(=O)=O)cc2)CCCNC1. The van der Waals surface area contributed by atoms with Crippen molar-refractivity contribution in [1.82, 2.24) is 5.32 Å². The van der Waals surface area contributed by atoms with Crippen LogP contribution in [-0.4, -0.2) is 33.7 Å². The Hall–Kier alpha value is -1.40. The van der Waals surface area contributed by atoms with E-state index in [4.69, 9.17) is 0 Å². The van der Waals surface area contributed by atoms with Gasteiger partial charge in [-0.3, -0.25) is 4.79 Å². The fraction of sp³-hybridized carbons (Fsp3) is 0.533. The Balaban J connectivity index is 2.12. The van der Waals surface area contributed by atoms with Gasteiger partial charge in [-0.1, -0.05) is 6.92 Å². The predicted molar refractivity (Wildman–Crippen MR) is 83.0 cm³/mol. The summed E-state index contributed by atoms with van der Waals surface area (Å²) < 4.78 is 22.8. The zero-order valence-electron chi connectivity index (χ0n) is 12.5. The first-order chi connectivity index (χ1) is 9.87. The van der Waals surface area contributed by atoms with Crippen LogP contribution < -0.4 is 10.6 Å². The molecule has 1 atom stereocenters. The van der Waals surface area contributed by atoms with Crippen molar-refractivity contribution in [2.45, 2.75) is 31.1 Å². The van der Waals surface area contributed by atoms with Crippen molar-refractivity contribution in [3.05, 3.63) is 24.3 Å². The molecule has 1 fully saturated rings. The van der Waals surface area contributed by atoms with E-state index in [9.17, 15) is 13.2 Å². The molecule has 6 heteroatoms. The molecule has 1 unspecified atom stereocenters. The van der Waals surface area contributed by atoms with Crippen LogP contribution in [0.1, 0.15) is 26.2 Å². The van der Waals surface area contributed by atoms with Crippen molar-refractivity contribution >= 4 is 21.4 Å². The van der Waals surface area contributed by atoms with Gasteiger partial charge in [0, 0.05) is 18.5 Å². The fourth-order valence-corrected chi connectivity index (χ4v) is 3.30. The number of rotatable bonds is 4. The number of hydrogen-bond donors (Lipinski definition) is 2. The number of carbonyl (C=O) groups is 1. The molecule has 1 aliphatic heterocycles. The third-order valence-corrected chi connectivity index (χ3v) is 5.30. The van der Waals surface area contributed by atoms with E-state index in [1.54, 1.807) is 12.1 Å². The lowest BCUT2D eigenvalue weighted by Gasteiger charge is -2.35. The molecule has 1 saturated heterocycles. The quantitative estimate of drug-likeness (QED) is 0.889. The molecule has 0 aliphatic carbocycles. The van der Waals surface area contributed by atoms with Crippen LogP contribution >= 0.6 is 0 Å². The largest absolute Gasteiger partial charge is 0.326 e.